The molecule has 1 atom stereocenters. The number of rotatable bonds is 8. The molecule has 0 bridgehead atoms. The van der Waals surface area contributed by atoms with Crippen molar-refractivity contribution >= 4 is 23.6 Å². The number of alkyl halides is 3. The number of piperazine rings is 1. The average molecular weight is 641 g/mol. The van der Waals surface area contributed by atoms with Gasteiger partial charge >= 0.3 is 12.3 Å². The first kappa shape index (κ1) is 31.9. The highest BCUT2D eigenvalue weighted by Gasteiger charge is 2.44. The van der Waals surface area contributed by atoms with Crippen LogP contribution in [0.1, 0.15) is 71.5 Å². The number of nitrogens with zero attached hydrogens (tertiary/aromatic N) is 7. The maximum atomic E-state index is 14.6. The van der Waals surface area contributed by atoms with Crippen molar-refractivity contribution in [3.8, 4) is 0 Å². The Morgan fingerprint density at radius 3 is 2.52 bits per heavy atom. The number of pyridine rings is 1. The van der Waals surface area contributed by atoms with E-state index in [1.54, 1.807) is 24.5 Å². The molecule has 1 unspecified atom stereocenters. The minimum Gasteiger partial charge on any atom is -0.465 e. The Morgan fingerprint density at radius 1 is 1.15 bits per heavy atom. The number of carboxylic acid groups (broad SMARTS) is 1. The molecule has 2 fully saturated rings. The lowest BCUT2D eigenvalue weighted by Crippen LogP contribution is -2.53. The third-order valence-electron chi connectivity index (χ3n) is 9.85. The Morgan fingerprint density at radius 2 is 1.91 bits per heavy atom. The number of anilines is 2. The molecular weight excluding hydrogens is 601 g/mol. The van der Waals surface area contributed by atoms with Crippen molar-refractivity contribution in [3.05, 3.63) is 64.2 Å². The zero-order valence-corrected chi connectivity index (χ0v) is 26.4. The number of aryl methyl sites for hydroxylation is 1. The van der Waals surface area contributed by atoms with Gasteiger partial charge in [-0.15, -0.1) is 10.2 Å². The molecule has 2 N–H and O–H groups in total. The Kier molecular flexibility index (Phi) is 8.30. The van der Waals surface area contributed by atoms with Crippen LogP contribution < -0.4 is 10.2 Å². The summed E-state index contributed by atoms with van der Waals surface area (Å²) in [6, 6.07) is 6.28. The second kappa shape index (κ2) is 12.0. The van der Waals surface area contributed by atoms with Crippen molar-refractivity contribution in [1.29, 1.82) is 0 Å². The van der Waals surface area contributed by atoms with Gasteiger partial charge in [-0.3, -0.25) is 19.9 Å². The monoisotopic (exact) mass is 640 g/mol. The van der Waals surface area contributed by atoms with Crippen LogP contribution in [0.5, 0.6) is 0 Å². The Labute approximate surface area is 265 Å². The Balaban J connectivity index is 1.37. The molecule has 11 nitrogen and oxygen atoms in total. The van der Waals surface area contributed by atoms with E-state index in [4.69, 9.17) is 0 Å². The van der Waals surface area contributed by atoms with Crippen LogP contribution in [0.2, 0.25) is 0 Å². The van der Waals surface area contributed by atoms with Gasteiger partial charge < -0.3 is 14.6 Å². The molecule has 1 saturated heterocycles. The van der Waals surface area contributed by atoms with E-state index in [-0.39, 0.29) is 35.3 Å². The maximum Gasteiger partial charge on any atom is 0.416 e. The van der Waals surface area contributed by atoms with Gasteiger partial charge in [-0.05, 0) is 66.8 Å². The standard InChI is InChI=1S/C32H39F3N8O3/c1-19(2)25-17-40(3)8-9-42(25)15-20-10-22-23(24(11-20)32(33,34)35)16-43(29(22)44)27-13-21(12-26(37-27)38-30(45)46)31(6-5-7-31)14-28-39-36-18-41(28)4/h10-13,18-19,25H,5-9,14-17H2,1-4H3,(H,37,38)(H,45,46). The van der Waals surface area contributed by atoms with Crippen LogP contribution in [-0.4, -0.2) is 79.4 Å². The van der Waals surface area contributed by atoms with E-state index >= 15 is 0 Å². The van der Waals surface area contributed by atoms with Crippen molar-refractivity contribution in [2.75, 3.05) is 36.9 Å². The lowest BCUT2D eigenvalue weighted by atomic mass is 9.62. The van der Waals surface area contributed by atoms with Gasteiger partial charge in [0.25, 0.3) is 5.91 Å². The van der Waals surface area contributed by atoms with Gasteiger partial charge in [0.05, 0.1) is 12.1 Å². The number of nitrogens with one attached hydrogen (secondary N) is 1. The summed E-state index contributed by atoms with van der Waals surface area (Å²) < 4.78 is 45.5. The summed E-state index contributed by atoms with van der Waals surface area (Å²) in [5, 5.41) is 20.0. The molecule has 1 aromatic carbocycles. The summed E-state index contributed by atoms with van der Waals surface area (Å²) in [7, 11) is 3.89. The van der Waals surface area contributed by atoms with Gasteiger partial charge in [0.1, 0.15) is 23.8 Å². The largest absolute Gasteiger partial charge is 0.465 e. The van der Waals surface area contributed by atoms with Gasteiger partial charge in [0.2, 0.25) is 0 Å². The molecule has 2 amide bonds. The van der Waals surface area contributed by atoms with E-state index in [0.29, 0.717) is 31.0 Å². The molecule has 3 aliphatic rings. The third-order valence-corrected chi connectivity index (χ3v) is 9.85. The van der Waals surface area contributed by atoms with E-state index < -0.39 is 29.2 Å². The number of benzene rings is 1. The molecule has 1 saturated carbocycles. The lowest BCUT2D eigenvalue weighted by Gasteiger charge is -2.42. The molecule has 2 aliphatic heterocycles. The summed E-state index contributed by atoms with van der Waals surface area (Å²) in [6.07, 6.45) is -1.36. The van der Waals surface area contributed by atoms with Crippen LogP contribution in [0.4, 0.5) is 29.6 Å². The fourth-order valence-corrected chi connectivity index (χ4v) is 7.13. The second-order valence-electron chi connectivity index (χ2n) is 13.3. The normalized spacial score (nSPS) is 20.2. The zero-order valence-electron chi connectivity index (χ0n) is 26.4. The molecule has 14 heteroatoms. The second-order valence-corrected chi connectivity index (χ2v) is 13.3. The number of fused-ring (bicyclic) bond motifs is 1. The Bertz CT molecular complexity index is 1650. The lowest BCUT2D eigenvalue weighted by molar-refractivity contribution is -0.138. The highest BCUT2D eigenvalue weighted by molar-refractivity contribution is 6.10. The first-order valence-corrected chi connectivity index (χ1v) is 15.6. The Hall–Kier alpha value is -4.04. The number of hydrogen-bond donors (Lipinski definition) is 2. The summed E-state index contributed by atoms with van der Waals surface area (Å²) in [5.74, 6) is 0.552. The van der Waals surface area contributed by atoms with E-state index in [9.17, 15) is 27.9 Å². The molecule has 246 valence electrons. The molecule has 1 aliphatic carbocycles. The molecular formula is C32H39F3N8O3. The zero-order chi connectivity index (χ0) is 33.0. The number of likely N-dealkylation sites (N-methyl/N-ethyl adjacent to an activating group) is 1. The highest BCUT2D eigenvalue weighted by Crippen LogP contribution is 2.48. The number of halogens is 3. The van der Waals surface area contributed by atoms with Crippen LogP contribution in [0, 0.1) is 5.92 Å². The molecule has 0 spiro atoms. The van der Waals surface area contributed by atoms with Crippen LogP contribution in [0.3, 0.4) is 0 Å². The smallest absolute Gasteiger partial charge is 0.416 e. The van der Waals surface area contributed by atoms with Gasteiger partial charge in [-0.2, -0.15) is 13.2 Å². The molecule has 46 heavy (non-hydrogen) atoms. The molecule has 4 heterocycles. The van der Waals surface area contributed by atoms with Gasteiger partial charge in [-0.1, -0.05) is 20.3 Å². The molecule has 2 aromatic heterocycles. The number of hydrogen-bond acceptors (Lipinski definition) is 7. The molecule has 3 aromatic rings. The van der Waals surface area contributed by atoms with E-state index in [1.807, 2.05) is 18.7 Å². The maximum absolute atomic E-state index is 14.6. The van der Waals surface area contributed by atoms with E-state index in [1.165, 1.54) is 11.0 Å². The van der Waals surface area contributed by atoms with Crippen LogP contribution >= 0.6 is 0 Å². The van der Waals surface area contributed by atoms with Crippen LogP contribution in [0.25, 0.3) is 0 Å². The fraction of sp³-hybridized carbons (Fsp3) is 0.531. The fourth-order valence-electron chi connectivity index (χ4n) is 7.13. The van der Waals surface area contributed by atoms with Crippen molar-refractivity contribution in [2.24, 2.45) is 13.0 Å². The number of amides is 2. The highest BCUT2D eigenvalue weighted by atomic mass is 19.4. The predicted molar refractivity (Wildman–Crippen MR) is 165 cm³/mol. The van der Waals surface area contributed by atoms with Gasteiger partial charge in [0.15, 0.2) is 0 Å². The number of carbonyl (C=O) groups is 2. The van der Waals surface area contributed by atoms with E-state index in [0.717, 1.165) is 43.7 Å². The first-order chi connectivity index (χ1) is 21.7. The topological polar surface area (TPSA) is 120 Å². The SMILES string of the molecule is CC(C)C1CN(C)CCN1Cc1cc2c(c(C(F)(F)F)c1)CN(c1cc(C3(Cc4nncn4C)CCC3)cc(NC(=O)O)n1)C2=O. The summed E-state index contributed by atoms with van der Waals surface area (Å²) in [6.45, 7) is 6.52. The average Bonchev–Trinajstić information content (AvgIpc) is 3.52. The quantitative estimate of drug-likeness (QED) is 0.357. The van der Waals surface area contributed by atoms with Crippen LogP contribution in [0.15, 0.2) is 30.6 Å². The van der Waals surface area contributed by atoms with Crippen LogP contribution in [-0.2, 0) is 38.1 Å². The summed E-state index contributed by atoms with van der Waals surface area (Å²) in [4.78, 5) is 35.7. The summed E-state index contributed by atoms with van der Waals surface area (Å²) >= 11 is 0. The summed E-state index contributed by atoms with van der Waals surface area (Å²) in [5.41, 5.74) is -0.170. The van der Waals surface area contributed by atoms with E-state index in [2.05, 4.69) is 44.1 Å². The van der Waals surface area contributed by atoms with Crippen molar-refractivity contribution < 1.29 is 27.9 Å². The van der Waals surface area contributed by atoms with Crippen molar-refractivity contribution in [2.45, 2.75) is 70.3 Å². The third kappa shape index (κ3) is 6.07. The first-order valence-electron chi connectivity index (χ1n) is 15.6. The minimum absolute atomic E-state index is 0.000441. The minimum atomic E-state index is -4.67. The van der Waals surface area contributed by atoms with Gasteiger partial charge in [0, 0.05) is 56.7 Å². The molecule has 6 rings (SSSR count). The molecule has 0 radical (unpaired) electrons. The predicted octanol–water partition coefficient (Wildman–Crippen LogP) is 4.92. The van der Waals surface area contributed by atoms with Crippen molar-refractivity contribution in [3.63, 3.8) is 0 Å². The number of carbonyl (C=O) groups excluding carboxylic acids is 1. The van der Waals surface area contributed by atoms with Crippen molar-refractivity contribution in [1.82, 2.24) is 29.5 Å². The number of aromatic nitrogens is 4. The van der Waals surface area contributed by atoms with Gasteiger partial charge in [-0.25, -0.2) is 9.78 Å².